The SMILES string of the molecule is COC(=O)N1CCN(C(=O)NC2(C(=O)O)CCCCC2)CC1. The normalized spacial score (nSPS) is 21.1. The summed E-state index contributed by atoms with van der Waals surface area (Å²) in [5, 5.41) is 12.2. The Kier molecular flexibility index (Phi) is 5.10. The molecule has 2 aliphatic rings. The number of aliphatic carboxylic acids is 1. The van der Waals surface area contributed by atoms with E-state index in [-0.39, 0.29) is 6.03 Å². The Morgan fingerprint density at radius 2 is 1.55 bits per heavy atom. The fourth-order valence-corrected chi connectivity index (χ4v) is 3.05. The highest BCUT2D eigenvalue weighted by atomic mass is 16.5. The molecule has 8 nitrogen and oxygen atoms in total. The van der Waals surface area contributed by atoms with Crippen LogP contribution < -0.4 is 5.32 Å². The highest BCUT2D eigenvalue weighted by Gasteiger charge is 2.42. The average molecular weight is 313 g/mol. The highest BCUT2D eigenvalue weighted by Crippen LogP contribution is 2.28. The molecular weight excluding hydrogens is 290 g/mol. The second kappa shape index (κ2) is 6.85. The molecule has 0 atom stereocenters. The molecule has 1 aliphatic heterocycles. The van der Waals surface area contributed by atoms with Gasteiger partial charge in [-0.2, -0.15) is 0 Å². The van der Waals surface area contributed by atoms with Crippen LogP contribution in [0.5, 0.6) is 0 Å². The number of urea groups is 1. The Hall–Kier alpha value is -1.99. The first kappa shape index (κ1) is 16.4. The van der Waals surface area contributed by atoms with Crippen molar-refractivity contribution in [3.8, 4) is 0 Å². The van der Waals surface area contributed by atoms with Crippen molar-refractivity contribution in [3.05, 3.63) is 0 Å². The average Bonchev–Trinajstić information content (AvgIpc) is 2.55. The van der Waals surface area contributed by atoms with Gasteiger partial charge in [0.05, 0.1) is 7.11 Å². The maximum absolute atomic E-state index is 12.3. The predicted molar refractivity (Wildman–Crippen MR) is 77.5 cm³/mol. The first-order valence-electron chi connectivity index (χ1n) is 7.62. The van der Waals surface area contributed by atoms with E-state index in [1.54, 1.807) is 4.90 Å². The predicted octanol–water partition coefficient (Wildman–Crippen LogP) is 0.867. The van der Waals surface area contributed by atoms with Crippen LogP contribution in [0, 0.1) is 0 Å². The molecule has 3 amide bonds. The molecule has 0 radical (unpaired) electrons. The number of methoxy groups -OCH3 is 1. The van der Waals surface area contributed by atoms with Crippen LogP contribution in [0.1, 0.15) is 32.1 Å². The molecule has 0 aromatic carbocycles. The molecule has 0 bridgehead atoms. The molecule has 1 saturated heterocycles. The van der Waals surface area contributed by atoms with Crippen LogP contribution in [-0.4, -0.2) is 71.8 Å². The molecule has 2 fully saturated rings. The number of nitrogens with zero attached hydrogens (tertiary/aromatic N) is 2. The maximum atomic E-state index is 12.3. The number of ether oxygens (including phenoxy) is 1. The number of nitrogens with one attached hydrogen (secondary N) is 1. The van der Waals surface area contributed by atoms with E-state index in [1.807, 2.05) is 0 Å². The molecule has 1 heterocycles. The van der Waals surface area contributed by atoms with E-state index in [2.05, 4.69) is 10.1 Å². The number of rotatable bonds is 2. The summed E-state index contributed by atoms with van der Waals surface area (Å²) >= 11 is 0. The summed E-state index contributed by atoms with van der Waals surface area (Å²) in [6, 6.07) is -0.367. The van der Waals surface area contributed by atoms with Gasteiger partial charge in [0, 0.05) is 26.2 Å². The summed E-state index contributed by atoms with van der Waals surface area (Å²) in [5.41, 5.74) is -1.14. The van der Waals surface area contributed by atoms with Gasteiger partial charge in [0.25, 0.3) is 0 Å². The topological polar surface area (TPSA) is 99.2 Å². The lowest BCUT2D eigenvalue weighted by atomic mass is 9.82. The van der Waals surface area contributed by atoms with Gasteiger partial charge >= 0.3 is 18.1 Å². The Labute approximate surface area is 129 Å². The lowest BCUT2D eigenvalue weighted by Gasteiger charge is -2.38. The van der Waals surface area contributed by atoms with E-state index in [9.17, 15) is 19.5 Å². The number of amides is 3. The third-order valence-corrected chi connectivity index (χ3v) is 4.46. The standard InChI is InChI=1S/C14H23N3O5/c1-22-13(21)17-9-7-16(8-10-17)12(20)15-14(11(18)19)5-3-2-4-6-14/h2-10H2,1H3,(H,15,20)(H,18,19). The van der Waals surface area contributed by atoms with E-state index in [0.717, 1.165) is 19.3 Å². The van der Waals surface area contributed by atoms with Gasteiger partial charge < -0.3 is 25.0 Å². The van der Waals surface area contributed by atoms with Crippen molar-refractivity contribution < 1.29 is 24.2 Å². The second-order valence-electron chi connectivity index (χ2n) is 5.82. The molecule has 0 aromatic heterocycles. The molecule has 1 aliphatic carbocycles. The van der Waals surface area contributed by atoms with Crippen LogP contribution in [0.25, 0.3) is 0 Å². The van der Waals surface area contributed by atoms with Gasteiger partial charge in [-0.15, -0.1) is 0 Å². The van der Waals surface area contributed by atoms with Gasteiger partial charge in [0.15, 0.2) is 0 Å². The number of carbonyl (C=O) groups excluding carboxylic acids is 2. The second-order valence-corrected chi connectivity index (χ2v) is 5.82. The van der Waals surface area contributed by atoms with Crippen molar-refractivity contribution in [2.24, 2.45) is 0 Å². The molecule has 2 N–H and O–H groups in total. The summed E-state index contributed by atoms with van der Waals surface area (Å²) in [5.74, 6) is -0.964. The third-order valence-electron chi connectivity index (χ3n) is 4.46. The molecular formula is C14H23N3O5. The molecule has 2 rings (SSSR count). The number of hydrogen-bond donors (Lipinski definition) is 2. The fraction of sp³-hybridized carbons (Fsp3) is 0.786. The maximum Gasteiger partial charge on any atom is 0.409 e. The van der Waals surface area contributed by atoms with E-state index >= 15 is 0 Å². The van der Waals surface area contributed by atoms with Crippen molar-refractivity contribution >= 4 is 18.1 Å². The Morgan fingerprint density at radius 1 is 1.00 bits per heavy atom. The van der Waals surface area contributed by atoms with Gasteiger partial charge in [-0.25, -0.2) is 14.4 Å². The van der Waals surface area contributed by atoms with Crippen LogP contribution in [0.15, 0.2) is 0 Å². The zero-order valence-corrected chi connectivity index (χ0v) is 12.8. The first-order chi connectivity index (χ1) is 10.5. The summed E-state index contributed by atoms with van der Waals surface area (Å²) < 4.78 is 4.64. The van der Waals surface area contributed by atoms with Gasteiger partial charge in [-0.05, 0) is 12.8 Å². The number of carboxylic acids is 1. The van der Waals surface area contributed by atoms with Crippen molar-refractivity contribution in [2.45, 2.75) is 37.6 Å². The molecule has 124 valence electrons. The summed E-state index contributed by atoms with van der Waals surface area (Å²) in [6.45, 7) is 1.52. The number of carboxylic acid groups (broad SMARTS) is 1. The Morgan fingerprint density at radius 3 is 2.05 bits per heavy atom. The van der Waals surface area contributed by atoms with Crippen LogP contribution in [0.4, 0.5) is 9.59 Å². The molecule has 22 heavy (non-hydrogen) atoms. The van der Waals surface area contributed by atoms with Gasteiger partial charge in [-0.3, -0.25) is 0 Å². The van der Waals surface area contributed by atoms with Gasteiger partial charge in [0.2, 0.25) is 0 Å². The van der Waals surface area contributed by atoms with Crippen LogP contribution in [0.2, 0.25) is 0 Å². The summed E-state index contributed by atoms with van der Waals surface area (Å²) in [7, 11) is 1.32. The van der Waals surface area contributed by atoms with Gasteiger partial charge in [0.1, 0.15) is 5.54 Å². The zero-order valence-electron chi connectivity index (χ0n) is 12.8. The molecule has 0 aromatic rings. The summed E-state index contributed by atoms with van der Waals surface area (Å²) in [4.78, 5) is 38.4. The Bertz CT molecular complexity index is 440. The van der Waals surface area contributed by atoms with Crippen molar-refractivity contribution in [2.75, 3.05) is 33.3 Å². The Balaban J connectivity index is 1.92. The lowest BCUT2D eigenvalue weighted by molar-refractivity contribution is -0.146. The van der Waals surface area contributed by atoms with Crippen molar-refractivity contribution in [1.29, 1.82) is 0 Å². The third kappa shape index (κ3) is 3.42. The van der Waals surface area contributed by atoms with Crippen LogP contribution in [0.3, 0.4) is 0 Å². The number of carbonyl (C=O) groups is 3. The molecule has 0 unspecified atom stereocenters. The number of piperazine rings is 1. The van der Waals surface area contributed by atoms with Crippen molar-refractivity contribution in [3.63, 3.8) is 0 Å². The molecule has 8 heteroatoms. The monoisotopic (exact) mass is 313 g/mol. The highest BCUT2D eigenvalue weighted by molar-refractivity contribution is 5.86. The fourth-order valence-electron chi connectivity index (χ4n) is 3.05. The first-order valence-corrected chi connectivity index (χ1v) is 7.62. The smallest absolute Gasteiger partial charge is 0.409 e. The zero-order chi connectivity index (χ0) is 16.2. The summed E-state index contributed by atoms with van der Waals surface area (Å²) in [6.07, 6.45) is 3.15. The van der Waals surface area contributed by atoms with E-state index in [4.69, 9.17) is 0 Å². The van der Waals surface area contributed by atoms with Gasteiger partial charge in [-0.1, -0.05) is 19.3 Å². The van der Waals surface area contributed by atoms with Crippen LogP contribution in [-0.2, 0) is 9.53 Å². The minimum absolute atomic E-state index is 0.367. The van der Waals surface area contributed by atoms with E-state index in [0.29, 0.717) is 39.0 Å². The quantitative estimate of drug-likeness (QED) is 0.788. The lowest BCUT2D eigenvalue weighted by Crippen LogP contribution is -2.61. The molecule has 0 spiro atoms. The minimum atomic E-state index is -1.14. The largest absolute Gasteiger partial charge is 0.480 e. The van der Waals surface area contributed by atoms with E-state index in [1.165, 1.54) is 12.0 Å². The van der Waals surface area contributed by atoms with Crippen LogP contribution >= 0.6 is 0 Å². The van der Waals surface area contributed by atoms with E-state index < -0.39 is 17.6 Å². The number of hydrogen-bond acceptors (Lipinski definition) is 4. The minimum Gasteiger partial charge on any atom is -0.480 e. The molecule has 1 saturated carbocycles. The van der Waals surface area contributed by atoms with Crippen molar-refractivity contribution in [1.82, 2.24) is 15.1 Å².